The van der Waals surface area contributed by atoms with Crippen LogP contribution < -0.4 is 20.7 Å². The summed E-state index contributed by atoms with van der Waals surface area (Å²) in [6.07, 6.45) is -4.80. The molecule has 27 heavy (non-hydrogen) atoms. The Morgan fingerprint density at radius 3 is 2.15 bits per heavy atom. The number of hydrogen-bond acceptors (Lipinski definition) is 3. The molecule has 0 fully saturated rings. The van der Waals surface area contributed by atoms with E-state index in [9.17, 15) is 27.2 Å². The zero-order valence-electron chi connectivity index (χ0n) is 13.8. The molecule has 2 aromatic rings. The molecule has 2 rings (SSSR count). The maximum absolute atomic E-state index is 12.8. The van der Waals surface area contributed by atoms with E-state index in [0.717, 1.165) is 12.1 Å². The van der Waals surface area contributed by atoms with Gasteiger partial charge in [-0.1, -0.05) is 12.1 Å². The SMILES string of the molecule is O=C(CNC(=O)NCc1ccc(F)cc1)Nc1ccc(OC(F)(F)F)cc1. The molecule has 0 saturated carbocycles. The number of rotatable bonds is 6. The first-order valence-electron chi connectivity index (χ1n) is 7.63. The van der Waals surface area contributed by atoms with Gasteiger partial charge in [0.1, 0.15) is 11.6 Å². The summed E-state index contributed by atoms with van der Waals surface area (Å²) in [5.41, 5.74) is 0.917. The predicted octanol–water partition coefficient (Wildman–Crippen LogP) is 3.16. The molecule has 0 aromatic heterocycles. The van der Waals surface area contributed by atoms with Crippen molar-refractivity contribution in [2.24, 2.45) is 0 Å². The van der Waals surface area contributed by atoms with Crippen molar-refractivity contribution in [2.45, 2.75) is 12.9 Å². The summed E-state index contributed by atoms with van der Waals surface area (Å²) < 4.78 is 52.7. The molecular weight excluding hydrogens is 370 g/mol. The molecule has 0 aliphatic carbocycles. The summed E-state index contributed by atoms with van der Waals surface area (Å²) in [5.74, 6) is -1.38. The lowest BCUT2D eigenvalue weighted by Gasteiger charge is -2.10. The van der Waals surface area contributed by atoms with Gasteiger partial charge in [-0.15, -0.1) is 13.2 Å². The molecule has 0 aliphatic heterocycles. The van der Waals surface area contributed by atoms with Gasteiger partial charge in [-0.2, -0.15) is 0 Å². The third-order valence-corrected chi connectivity index (χ3v) is 3.15. The third kappa shape index (κ3) is 7.63. The minimum absolute atomic E-state index is 0.147. The van der Waals surface area contributed by atoms with E-state index in [1.54, 1.807) is 0 Å². The average molecular weight is 385 g/mol. The topological polar surface area (TPSA) is 79.5 Å². The maximum Gasteiger partial charge on any atom is 0.573 e. The number of nitrogens with one attached hydrogen (secondary N) is 3. The lowest BCUT2D eigenvalue weighted by Crippen LogP contribution is -2.39. The monoisotopic (exact) mass is 385 g/mol. The Balaban J connectivity index is 1.72. The lowest BCUT2D eigenvalue weighted by atomic mass is 10.2. The Kier molecular flexibility index (Phi) is 6.58. The van der Waals surface area contributed by atoms with Crippen molar-refractivity contribution in [2.75, 3.05) is 11.9 Å². The molecule has 144 valence electrons. The van der Waals surface area contributed by atoms with E-state index in [-0.39, 0.29) is 18.8 Å². The van der Waals surface area contributed by atoms with Crippen LogP contribution in [0.4, 0.5) is 28.0 Å². The quantitative estimate of drug-likeness (QED) is 0.669. The highest BCUT2D eigenvalue weighted by atomic mass is 19.4. The Morgan fingerprint density at radius 1 is 0.926 bits per heavy atom. The third-order valence-electron chi connectivity index (χ3n) is 3.15. The zero-order chi connectivity index (χ0) is 19.9. The van der Waals surface area contributed by atoms with Crippen molar-refractivity contribution >= 4 is 17.6 Å². The molecule has 2 aromatic carbocycles. The highest BCUT2D eigenvalue weighted by Gasteiger charge is 2.30. The van der Waals surface area contributed by atoms with Crippen molar-refractivity contribution in [3.63, 3.8) is 0 Å². The van der Waals surface area contributed by atoms with Gasteiger partial charge in [0.2, 0.25) is 5.91 Å². The molecule has 0 spiro atoms. The van der Waals surface area contributed by atoms with Crippen LogP contribution in [-0.2, 0) is 11.3 Å². The summed E-state index contributed by atoms with van der Waals surface area (Å²) in [7, 11) is 0. The van der Waals surface area contributed by atoms with Gasteiger partial charge in [0.25, 0.3) is 0 Å². The molecule has 3 amide bonds. The van der Waals surface area contributed by atoms with Crippen molar-refractivity contribution in [3.05, 3.63) is 59.9 Å². The van der Waals surface area contributed by atoms with Gasteiger partial charge in [-0.25, -0.2) is 9.18 Å². The van der Waals surface area contributed by atoms with Gasteiger partial charge in [0.15, 0.2) is 0 Å². The Morgan fingerprint density at radius 2 is 1.56 bits per heavy atom. The fraction of sp³-hybridized carbons (Fsp3) is 0.176. The number of ether oxygens (including phenoxy) is 1. The molecule has 0 unspecified atom stereocenters. The molecule has 10 heteroatoms. The van der Waals surface area contributed by atoms with Crippen LogP contribution in [0.3, 0.4) is 0 Å². The number of amides is 3. The molecule has 6 nitrogen and oxygen atoms in total. The molecule has 3 N–H and O–H groups in total. The van der Waals surface area contributed by atoms with E-state index in [4.69, 9.17) is 0 Å². The summed E-state index contributed by atoms with van der Waals surface area (Å²) in [6.45, 7) is -0.204. The van der Waals surface area contributed by atoms with Crippen molar-refractivity contribution in [1.82, 2.24) is 10.6 Å². The maximum atomic E-state index is 12.8. The second kappa shape index (κ2) is 8.88. The predicted molar refractivity (Wildman–Crippen MR) is 88.4 cm³/mol. The summed E-state index contributed by atoms with van der Waals surface area (Å²) in [4.78, 5) is 23.4. The first-order valence-corrected chi connectivity index (χ1v) is 7.63. The molecular formula is C17H15F4N3O3. The number of carbonyl (C=O) groups is 2. The second-order valence-corrected chi connectivity index (χ2v) is 5.28. The fourth-order valence-electron chi connectivity index (χ4n) is 1.95. The van der Waals surface area contributed by atoms with Gasteiger partial charge in [-0.05, 0) is 42.0 Å². The first kappa shape index (κ1) is 20.0. The zero-order valence-corrected chi connectivity index (χ0v) is 13.8. The van der Waals surface area contributed by atoms with Gasteiger partial charge >= 0.3 is 12.4 Å². The average Bonchev–Trinajstić information content (AvgIpc) is 2.60. The molecule has 0 radical (unpaired) electrons. The Labute approximate surface area is 151 Å². The highest BCUT2D eigenvalue weighted by Crippen LogP contribution is 2.23. The summed E-state index contributed by atoms with van der Waals surface area (Å²) in [6, 6.07) is 9.48. The first-order chi connectivity index (χ1) is 12.7. The number of hydrogen-bond donors (Lipinski definition) is 3. The normalized spacial score (nSPS) is 10.8. The highest BCUT2D eigenvalue weighted by molar-refractivity contribution is 5.94. The van der Waals surface area contributed by atoms with Gasteiger partial charge in [0, 0.05) is 12.2 Å². The van der Waals surface area contributed by atoms with Crippen molar-refractivity contribution in [1.29, 1.82) is 0 Å². The van der Waals surface area contributed by atoms with Crippen LogP contribution in [0.15, 0.2) is 48.5 Å². The van der Waals surface area contributed by atoms with Crippen molar-refractivity contribution in [3.8, 4) is 5.75 Å². The van der Waals surface area contributed by atoms with Crippen LogP contribution in [-0.4, -0.2) is 24.8 Å². The van der Waals surface area contributed by atoms with E-state index in [0.29, 0.717) is 5.56 Å². The second-order valence-electron chi connectivity index (χ2n) is 5.28. The van der Waals surface area contributed by atoms with E-state index < -0.39 is 29.9 Å². The Bertz CT molecular complexity index is 778. The lowest BCUT2D eigenvalue weighted by molar-refractivity contribution is -0.274. The van der Waals surface area contributed by atoms with Crippen LogP contribution in [0.5, 0.6) is 5.75 Å². The number of benzene rings is 2. The molecule has 0 atom stereocenters. The minimum atomic E-state index is -4.80. The smallest absolute Gasteiger partial charge is 0.406 e. The number of carbonyl (C=O) groups excluding carboxylic acids is 2. The molecule has 0 aliphatic rings. The van der Waals surface area contributed by atoms with Gasteiger partial charge in [0.05, 0.1) is 6.54 Å². The van der Waals surface area contributed by atoms with E-state index in [1.165, 1.54) is 36.4 Å². The van der Waals surface area contributed by atoms with Crippen LogP contribution in [0.25, 0.3) is 0 Å². The molecule has 0 saturated heterocycles. The molecule has 0 bridgehead atoms. The van der Waals surface area contributed by atoms with Crippen LogP contribution in [0, 0.1) is 5.82 Å². The van der Waals surface area contributed by atoms with E-state index in [1.807, 2.05) is 0 Å². The van der Waals surface area contributed by atoms with E-state index >= 15 is 0 Å². The van der Waals surface area contributed by atoms with Gasteiger partial charge < -0.3 is 20.7 Å². The van der Waals surface area contributed by atoms with Crippen molar-refractivity contribution < 1.29 is 31.9 Å². The molecule has 0 heterocycles. The fourth-order valence-corrected chi connectivity index (χ4v) is 1.95. The Hall–Kier alpha value is -3.30. The van der Waals surface area contributed by atoms with Gasteiger partial charge in [-0.3, -0.25) is 4.79 Å². The number of anilines is 1. The number of alkyl halides is 3. The van der Waals surface area contributed by atoms with Crippen LogP contribution in [0.1, 0.15) is 5.56 Å². The largest absolute Gasteiger partial charge is 0.573 e. The summed E-state index contributed by atoms with van der Waals surface area (Å²) >= 11 is 0. The number of urea groups is 1. The van der Waals surface area contributed by atoms with Crippen LogP contribution in [0.2, 0.25) is 0 Å². The number of halogens is 4. The minimum Gasteiger partial charge on any atom is -0.406 e. The standard InChI is InChI=1S/C17H15F4N3O3/c18-12-3-1-11(2-4-12)9-22-16(26)23-10-15(25)24-13-5-7-14(8-6-13)27-17(19,20)21/h1-8H,9-10H2,(H,24,25)(H2,22,23,26). The van der Waals surface area contributed by atoms with E-state index in [2.05, 4.69) is 20.7 Å². The summed E-state index contributed by atoms with van der Waals surface area (Å²) in [5, 5.41) is 7.22. The van der Waals surface area contributed by atoms with Crippen LogP contribution >= 0.6 is 0 Å².